The molecule has 0 aliphatic carbocycles. The van der Waals surface area contributed by atoms with Gasteiger partial charge in [0.15, 0.2) is 0 Å². The third-order valence-electron chi connectivity index (χ3n) is 4.17. The summed E-state index contributed by atoms with van der Waals surface area (Å²) in [5, 5.41) is 13.0. The Kier molecular flexibility index (Phi) is 4.21. The molecule has 0 fully saturated rings. The lowest BCUT2D eigenvalue weighted by atomic mass is 10.2. The average molecular weight is 368 g/mol. The van der Waals surface area contributed by atoms with Crippen LogP contribution in [0.3, 0.4) is 0 Å². The first-order valence-electron chi connectivity index (χ1n) is 8.12. The molecule has 0 spiro atoms. The van der Waals surface area contributed by atoms with E-state index in [0.717, 1.165) is 11.2 Å². The van der Waals surface area contributed by atoms with Crippen molar-refractivity contribution in [3.05, 3.63) is 57.7 Å². The summed E-state index contributed by atoms with van der Waals surface area (Å²) in [5.41, 5.74) is 1.50. The molecule has 0 saturated heterocycles. The number of thiophene rings is 1. The van der Waals surface area contributed by atoms with E-state index in [2.05, 4.69) is 20.5 Å². The average Bonchev–Trinajstić information content (AvgIpc) is 3.30. The van der Waals surface area contributed by atoms with E-state index in [9.17, 15) is 9.59 Å². The van der Waals surface area contributed by atoms with E-state index in [0.29, 0.717) is 29.3 Å². The number of hydrogen-bond donors (Lipinski definition) is 1. The second-order valence-corrected chi connectivity index (χ2v) is 6.76. The molecule has 9 heteroatoms. The van der Waals surface area contributed by atoms with Crippen molar-refractivity contribution in [2.45, 2.75) is 19.4 Å². The van der Waals surface area contributed by atoms with Crippen LogP contribution < -0.4 is 10.9 Å². The van der Waals surface area contributed by atoms with E-state index >= 15 is 0 Å². The monoisotopic (exact) mass is 368 g/mol. The standard InChI is InChI=1S/C17H16N6O2S/c1-22-16(25)15-12(7-9-26-15)23-13(20-21-17(22)23)5-6-14(24)19-10-11-4-2-3-8-18-11/h2-4,7-9H,5-6,10H2,1H3,(H,19,24). The summed E-state index contributed by atoms with van der Waals surface area (Å²) >= 11 is 1.39. The summed E-state index contributed by atoms with van der Waals surface area (Å²) in [6.07, 6.45) is 2.40. The molecule has 0 aliphatic heterocycles. The second kappa shape index (κ2) is 6.68. The lowest BCUT2D eigenvalue weighted by Gasteiger charge is -2.06. The van der Waals surface area contributed by atoms with Gasteiger partial charge < -0.3 is 5.32 Å². The van der Waals surface area contributed by atoms with Gasteiger partial charge in [-0.3, -0.25) is 23.5 Å². The Morgan fingerprint density at radius 1 is 1.27 bits per heavy atom. The maximum absolute atomic E-state index is 12.3. The third-order valence-corrected chi connectivity index (χ3v) is 5.06. The maximum atomic E-state index is 12.3. The van der Waals surface area contributed by atoms with E-state index < -0.39 is 0 Å². The van der Waals surface area contributed by atoms with Gasteiger partial charge in [-0.05, 0) is 23.6 Å². The second-order valence-electron chi connectivity index (χ2n) is 5.85. The molecule has 132 valence electrons. The van der Waals surface area contributed by atoms with Crippen LogP contribution in [-0.4, -0.2) is 30.1 Å². The van der Waals surface area contributed by atoms with Crippen molar-refractivity contribution in [3.8, 4) is 0 Å². The summed E-state index contributed by atoms with van der Waals surface area (Å²) < 4.78 is 3.98. The lowest BCUT2D eigenvalue weighted by molar-refractivity contribution is -0.121. The molecule has 4 aromatic heterocycles. The van der Waals surface area contributed by atoms with Crippen LogP contribution in [0.4, 0.5) is 0 Å². The molecule has 0 aliphatic rings. The minimum Gasteiger partial charge on any atom is -0.350 e. The number of carbonyl (C=O) groups is 1. The number of carbonyl (C=O) groups excluding carboxylic acids is 1. The van der Waals surface area contributed by atoms with Crippen molar-refractivity contribution < 1.29 is 4.79 Å². The highest BCUT2D eigenvalue weighted by atomic mass is 32.1. The predicted molar refractivity (Wildman–Crippen MR) is 98.0 cm³/mol. The van der Waals surface area contributed by atoms with Crippen LogP contribution in [0.5, 0.6) is 0 Å². The Hall–Kier alpha value is -3.07. The van der Waals surface area contributed by atoms with E-state index in [1.54, 1.807) is 13.2 Å². The zero-order valence-electron chi connectivity index (χ0n) is 14.0. The van der Waals surface area contributed by atoms with Crippen LogP contribution in [0.2, 0.25) is 0 Å². The summed E-state index contributed by atoms with van der Waals surface area (Å²) in [6, 6.07) is 7.45. The number of nitrogens with zero attached hydrogens (tertiary/aromatic N) is 5. The van der Waals surface area contributed by atoms with E-state index in [4.69, 9.17) is 0 Å². The number of rotatable bonds is 5. The maximum Gasteiger partial charge on any atom is 0.272 e. The summed E-state index contributed by atoms with van der Waals surface area (Å²) in [4.78, 5) is 28.6. The smallest absolute Gasteiger partial charge is 0.272 e. The van der Waals surface area contributed by atoms with Gasteiger partial charge in [-0.15, -0.1) is 21.5 Å². The molecule has 4 heterocycles. The molecule has 8 nitrogen and oxygen atoms in total. The molecule has 0 saturated carbocycles. The van der Waals surface area contributed by atoms with Gasteiger partial charge in [-0.2, -0.15) is 0 Å². The van der Waals surface area contributed by atoms with E-state index in [1.165, 1.54) is 15.9 Å². The first-order chi connectivity index (χ1) is 12.6. The van der Waals surface area contributed by atoms with Gasteiger partial charge in [0.1, 0.15) is 10.5 Å². The molecule has 0 unspecified atom stereocenters. The number of nitrogens with one attached hydrogen (secondary N) is 1. The van der Waals surface area contributed by atoms with E-state index in [-0.39, 0.29) is 17.9 Å². The van der Waals surface area contributed by atoms with Gasteiger partial charge in [-0.25, -0.2) is 0 Å². The minimum atomic E-state index is -0.0884. The number of fused-ring (bicyclic) bond motifs is 3. The van der Waals surface area contributed by atoms with Crippen LogP contribution in [0.15, 0.2) is 40.6 Å². The van der Waals surface area contributed by atoms with E-state index in [1.807, 2.05) is 34.0 Å². The lowest BCUT2D eigenvalue weighted by Crippen LogP contribution is -2.24. The van der Waals surface area contributed by atoms with Crippen molar-refractivity contribution in [2.75, 3.05) is 0 Å². The van der Waals surface area contributed by atoms with Crippen molar-refractivity contribution in [3.63, 3.8) is 0 Å². The fourth-order valence-corrected chi connectivity index (χ4v) is 3.67. The van der Waals surface area contributed by atoms with Crippen molar-refractivity contribution in [1.29, 1.82) is 0 Å². The highest BCUT2D eigenvalue weighted by Crippen LogP contribution is 2.19. The van der Waals surface area contributed by atoms with Gasteiger partial charge in [0.2, 0.25) is 11.7 Å². The van der Waals surface area contributed by atoms with Crippen LogP contribution in [0.25, 0.3) is 16.0 Å². The Bertz CT molecular complexity index is 1140. The number of amides is 1. The molecule has 0 radical (unpaired) electrons. The highest BCUT2D eigenvalue weighted by Gasteiger charge is 2.16. The Morgan fingerprint density at radius 3 is 2.96 bits per heavy atom. The van der Waals surface area contributed by atoms with Crippen LogP contribution in [-0.2, 0) is 24.8 Å². The molecule has 0 aromatic carbocycles. The van der Waals surface area contributed by atoms with Gasteiger partial charge in [0, 0.05) is 26.1 Å². The molecule has 4 aromatic rings. The molecule has 1 N–H and O–H groups in total. The molecule has 0 bridgehead atoms. The topological polar surface area (TPSA) is 94.2 Å². The first kappa shape index (κ1) is 16.4. The first-order valence-corrected chi connectivity index (χ1v) is 9.00. The minimum absolute atomic E-state index is 0.0845. The van der Waals surface area contributed by atoms with Crippen LogP contribution in [0.1, 0.15) is 17.9 Å². The van der Waals surface area contributed by atoms with Crippen molar-refractivity contribution in [1.82, 2.24) is 29.5 Å². The van der Waals surface area contributed by atoms with Gasteiger partial charge in [0.05, 0.1) is 17.8 Å². The molecular weight excluding hydrogens is 352 g/mol. The van der Waals surface area contributed by atoms with Gasteiger partial charge in [-0.1, -0.05) is 6.07 Å². The number of aromatic nitrogens is 5. The molecule has 26 heavy (non-hydrogen) atoms. The SMILES string of the molecule is Cn1c(=O)c2sccc2n2c(CCC(=O)NCc3ccccn3)nnc12. The molecular formula is C17H16N6O2S. The van der Waals surface area contributed by atoms with Crippen molar-refractivity contribution >= 4 is 33.2 Å². The summed E-state index contributed by atoms with van der Waals surface area (Å²) in [6.45, 7) is 0.392. The van der Waals surface area contributed by atoms with Crippen LogP contribution >= 0.6 is 11.3 Å². The molecule has 4 rings (SSSR count). The van der Waals surface area contributed by atoms with Crippen molar-refractivity contribution in [2.24, 2.45) is 7.05 Å². The highest BCUT2D eigenvalue weighted by molar-refractivity contribution is 7.17. The van der Waals surface area contributed by atoms with Gasteiger partial charge >= 0.3 is 0 Å². The largest absolute Gasteiger partial charge is 0.350 e. The number of hydrogen-bond acceptors (Lipinski definition) is 6. The van der Waals surface area contributed by atoms with Gasteiger partial charge in [0.25, 0.3) is 5.56 Å². The summed E-state index contributed by atoms with van der Waals surface area (Å²) in [7, 11) is 1.68. The quantitative estimate of drug-likeness (QED) is 0.573. The predicted octanol–water partition coefficient (Wildman–Crippen LogP) is 1.29. The Balaban J connectivity index is 1.53. The summed E-state index contributed by atoms with van der Waals surface area (Å²) in [5.74, 6) is 1.05. The number of aryl methyl sites for hydroxylation is 2. The zero-order chi connectivity index (χ0) is 18.1. The zero-order valence-corrected chi connectivity index (χ0v) is 14.9. The normalized spacial score (nSPS) is 11.3. The van der Waals surface area contributed by atoms with Crippen LogP contribution in [0, 0.1) is 0 Å². The fourth-order valence-electron chi connectivity index (χ4n) is 2.82. The molecule has 0 atom stereocenters. The molecule has 1 amide bonds. The number of pyridine rings is 1. The fraction of sp³-hybridized carbons (Fsp3) is 0.235. The Labute approximate surface area is 152 Å². The third kappa shape index (κ3) is 2.86. The Morgan fingerprint density at radius 2 is 2.15 bits per heavy atom.